The van der Waals surface area contributed by atoms with Crippen LogP contribution in [0, 0.1) is 0 Å². The molecule has 2 rings (SSSR count). The molecule has 0 saturated carbocycles. The first-order chi connectivity index (χ1) is 5.20. The monoisotopic (exact) mass is 157 g/mol. The van der Waals surface area contributed by atoms with Gasteiger partial charge in [-0.3, -0.25) is 4.90 Å². The molecule has 0 aromatic heterocycles. The van der Waals surface area contributed by atoms with E-state index in [0.29, 0.717) is 6.42 Å². The van der Waals surface area contributed by atoms with Crippen LogP contribution in [0.4, 0.5) is 4.79 Å². The van der Waals surface area contributed by atoms with Gasteiger partial charge in [-0.15, -0.1) is 0 Å². The van der Waals surface area contributed by atoms with Crippen LogP contribution in [-0.4, -0.2) is 39.4 Å². The van der Waals surface area contributed by atoms with E-state index in [1.54, 1.807) is 0 Å². The van der Waals surface area contributed by atoms with Crippen LogP contribution in [0.5, 0.6) is 0 Å². The fourth-order valence-electron chi connectivity index (χ4n) is 2.26. The van der Waals surface area contributed by atoms with E-state index in [2.05, 4.69) is 0 Å². The molecule has 2 aliphatic heterocycles. The van der Waals surface area contributed by atoms with E-state index >= 15 is 0 Å². The highest BCUT2D eigenvalue weighted by Crippen LogP contribution is 2.37. The molecule has 11 heavy (non-hydrogen) atoms. The largest absolute Gasteiger partial charge is 0.465 e. The lowest BCUT2D eigenvalue weighted by Gasteiger charge is -2.17. The van der Waals surface area contributed by atoms with Crippen molar-refractivity contribution in [1.82, 2.24) is 4.90 Å². The van der Waals surface area contributed by atoms with Crippen molar-refractivity contribution in [3.63, 3.8) is 0 Å². The van der Waals surface area contributed by atoms with E-state index in [1.165, 1.54) is 4.90 Å². The van der Waals surface area contributed by atoms with Gasteiger partial charge in [-0.1, -0.05) is 0 Å². The predicted molar refractivity (Wildman–Crippen MR) is 37.3 cm³/mol. The summed E-state index contributed by atoms with van der Waals surface area (Å²) in [5.74, 6) is 0. The van der Waals surface area contributed by atoms with Crippen LogP contribution >= 0.6 is 0 Å². The van der Waals surface area contributed by atoms with Crippen molar-refractivity contribution in [2.45, 2.75) is 37.5 Å². The van der Waals surface area contributed by atoms with Gasteiger partial charge >= 0.3 is 6.09 Å². The quantitative estimate of drug-likeness (QED) is 0.530. The average Bonchev–Trinajstić information content (AvgIpc) is 2.41. The second-order valence-corrected chi connectivity index (χ2v) is 3.29. The smallest absolute Gasteiger partial charge is 0.407 e. The van der Waals surface area contributed by atoms with E-state index in [1.807, 2.05) is 0 Å². The molecular weight excluding hydrogens is 146 g/mol. The van der Waals surface area contributed by atoms with Crippen LogP contribution < -0.4 is 0 Å². The number of carbonyl (C=O) groups is 1. The number of fused-ring (bicyclic) bond motifs is 2. The number of hydrogen-bond donors (Lipinski definition) is 2. The molecular formula is C7H11NO3. The Labute approximate surface area is 64.4 Å². The molecule has 0 aromatic rings. The first-order valence-electron chi connectivity index (χ1n) is 3.89. The fourth-order valence-corrected chi connectivity index (χ4v) is 2.26. The van der Waals surface area contributed by atoms with Crippen LogP contribution in [0.15, 0.2) is 0 Å². The molecule has 2 aliphatic rings. The van der Waals surface area contributed by atoms with Gasteiger partial charge < -0.3 is 10.2 Å². The average molecular weight is 157 g/mol. The van der Waals surface area contributed by atoms with Gasteiger partial charge in [0.05, 0.1) is 12.1 Å². The maximum atomic E-state index is 10.6. The number of carboxylic acid groups (broad SMARTS) is 1. The van der Waals surface area contributed by atoms with Crippen LogP contribution in [0.25, 0.3) is 0 Å². The first kappa shape index (κ1) is 6.91. The van der Waals surface area contributed by atoms with Gasteiger partial charge in [0, 0.05) is 6.04 Å². The summed E-state index contributed by atoms with van der Waals surface area (Å²) in [5.41, 5.74) is 0. The summed E-state index contributed by atoms with van der Waals surface area (Å²) < 4.78 is 0. The maximum absolute atomic E-state index is 10.6. The van der Waals surface area contributed by atoms with Crippen LogP contribution in [0.3, 0.4) is 0 Å². The maximum Gasteiger partial charge on any atom is 0.407 e. The van der Waals surface area contributed by atoms with Gasteiger partial charge in [-0.05, 0) is 19.3 Å². The normalized spacial score (nSPS) is 41.5. The Bertz CT molecular complexity index is 194. The Kier molecular flexibility index (Phi) is 1.32. The molecule has 3 atom stereocenters. The van der Waals surface area contributed by atoms with Crippen LogP contribution in [0.2, 0.25) is 0 Å². The van der Waals surface area contributed by atoms with Gasteiger partial charge in [-0.2, -0.15) is 0 Å². The van der Waals surface area contributed by atoms with Crippen LogP contribution in [-0.2, 0) is 0 Å². The lowest BCUT2D eigenvalue weighted by Crippen LogP contribution is -2.36. The van der Waals surface area contributed by atoms with Crippen molar-refractivity contribution in [2.75, 3.05) is 0 Å². The van der Waals surface area contributed by atoms with Gasteiger partial charge in [-0.25, -0.2) is 4.79 Å². The molecule has 2 fully saturated rings. The number of hydrogen-bond acceptors (Lipinski definition) is 2. The molecule has 2 bridgehead atoms. The van der Waals surface area contributed by atoms with Crippen molar-refractivity contribution in [1.29, 1.82) is 0 Å². The minimum absolute atomic E-state index is 0.0903. The Hall–Kier alpha value is -0.770. The third-order valence-electron chi connectivity index (χ3n) is 2.72. The van der Waals surface area contributed by atoms with E-state index in [4.69, 9.17) is 5.11 Å². The molecule has 0 aromatic carbocycles. The zero-order chi connectivity index (χ0) is 8.01. The van der Waals surface area contributed by atoms with E-state index < -0.39 is 12.2 Å². The number of nitrogens with zero attached hydrogens (tertiary/aromatic N) is 1. The molecule has 4 nitrogen and oxygen atoms in total. The molecule has 0 aliphatic carbocycles. The second-order valence-electron chi connectivity index (χ2n) is 3.29. The highest BCUT2D eigenvalue weighted by Gasteiger charge is 2.47. The van der Waals surface area contributed by atoms with Gasteiger partial charge in [0.15, 0.2) is 0 Å². The summed E-state index contributed by atoms with van der Waals surface area (Å²) in [4.78, 5) is 12.0. The van der Waals surface area contributed by atoms with E-state index in [9.17, 15) is 9.90 Å². The van der Waals surface area contributed by atoms with Gasteiger partial charge in [0.25, 0.3) is 0 Å². The number of rotatable bonds is 0. The zero-order valence-corrected chi connectivity index (χ0v) is 6.10. The van der Waals surface area contributed by atoms with E-state index in [-0.39, 0.29) is 12.1 Å². The highest BCUT2D eigenvalue weighted by molar-refractivity contribution is 5.67. The Morgan fingerprint density at radius 1 is 1.45 bits per heavy atom. The summed E-state index contributed by atoms with van der Waals surface area (Å²) >= 11 is 0. The van der Waals surface area contributed by atoms with Gasteiger partial charge in [0.1, 0.15) is 0 Å². The van der Waals surface area contributed by atoms with Crippen molar-refractivity contribution in [3.05, 3.63) is 0 Å². The van der Waals surface area contributed by atoms with Gasteiger partial charge in [0.2, 0.25) is 0 Å². The Morgan fingerprint density at radius 2 is 2.18 bits per heavy atom. The minimum Gasteiger partial charge on any atom is -0.465 e. The molecule has 0 unspecified atom stereocenters. The van der Waals surface area contributed by atoms with E-state index in [0.717, 1.165) is 12.8 Å². The molecule has 0 radical (unpaired) electrons. The molecule has 0 spiro atoms. The fraction of sp³-hybridized carbons (Fsp3) is 0.857. The third-order valence-corrected chi connectivity index (χ3v) is 2.72. The number of amides is 1. The third kappa shape index (κ3) is 0.822. The lowest BCUT2D eigenvalue weighted by molar-refractivity contribution is 0.106. The topological polar surface area (TPSA) is 60.8 Å². The molecule has 4 heteroatoms. The minimum atomic E-state index is -0.881. The van der Waals surface area contributed by atoms with Crippen molar-refractivity contribution < 1.29 is 15.0 Å². The molecule has 2 N–H and O–H groups in total. The Morgan fingerprint density at radius 3 is 2.45 bits per heavy atom. The SMILES string of the molecule is O=C(O)N1[C@H]2CC[C@@H]1[C@H](O)C2. The van der Waals surface area contributed by atoms with Crippen LogP contribution in [0.1, 0.15) is 19.3 Å². The predicted octanol–water partition coefficient (Wildman–Crippen LogP) is 0.262. The highest BCUT2D eigenvalue weighted by atomic mass is 16.4. The number of aliphatic hydroxyl groups excluding tert-OH is 1. The summed E-state index contributed by atoms with van der Waals surface area (Å²) in [6.45, 7) is 0. The standard InChI is InChI=1S/C7H11NO3/c9-6-3-4-1-2-5(6)8(4)7(10)11/h4-6,9H,1-3H2,(H,10,11)/t4-,5+,6+/m0/s1. The molecule has 2 heterocycles. The molecule has 62 valence electrons. The summed E-state index contributed by atoms with van der Waals surface area (Å²) in [6.07, 6.45) is 1.10. The summed E-state index contributed by atoms with van der Waals surface area (Å²) in [6, 6.07) is -0.0231. The number of aliphatic hydroxyl groups is 1. The lowest BCUT2D eigenvalue weighted by atomic mass is 9.98. The zero-order valence-electron chi connectivity index (χ0n) is 6.10. The van der Waals surface area contributed by atoms with Crippen molar-refractivity contribution >= 4 is 6.09 Å². The summed E-state index contributed by atoms with van der Waals surface area (Å²) in [7, 11) is 0. The van der Waals surface area contributed by atoms with Crippen molar-refractivity contribution in [3.8, 4) is 0 Å². The molecule has 1 amide bonds. The summed E-state index contributed by atoms with van der Waals surface area (Å²) in [5, 5.41) is 18.1. The molecule has 2 saturated heterocycles. The van der Waals surface area contributed by atoms with Crippen molar-refractivity contribution in [2.24, 2.45) is 0 Å². The first-order valence-corrected chi connectivity index (χ1v) is 3.89. The Balaban J connectivity index is 2.19. The second kappa shape index (κ2) is 2.11.